The zero-order chi connectivity index (χ0) is 16.2. The average Bonchev–Trinajstić information content (AvgIpc) is 2.48. The third-order valence-corrected chi connectivity index (χ3v) is 5.06. The number of benzene rings is 1. The van der Waals surface area contributed by atoms with Gasteiger partial charge in [0.15, 0.2) is 0 Å². The lowest BCUT2D eigenvalue weighted by atomic mass is 9.99. The van der Waals surface area contributed by atoms with Crippen molar-refractivity contribution in [3.8, 4) is 0 Å². The third kappa shape index (κ3) is 4.38. The van der Waals surface area contributed by atoms with E-state index in [-0.39, 0.29) is 18.4 Å². The lowest BCUT2D eigenvalue weighted by Gasteiger charge is -2.29. The number of carbonyl (C=O) groups is 1. The Hall–Kier alpha value is -1.73. The van der Waals surface area contributed by atoms with Crippen LogP contribution < -0.4 is 5.43 Å². The zero-order valence-electron chi connectivity index (χ0n) is 12.8. The molecule has 0 radical (unpaired) electrons. The Balaban J connectivity index is 1.94. The molecule has 120 valence electrons. The van der Waals surface area contributed by atoms with Crippen molar-refractivity contribution in [3.05, 3.63) is 35.4 Å². The van der Waals surface area contributed by atoms with Crippen molar-refractivity contribution in [2.75, 3.05) is 19.3 Å². The predicted octanol–water partition coefficient (Wildman–Crippen LogP) is 1.12. The Bertz CT molecular complexity index is 670. The molecule has 6 nitrogen and oxygen atoms in total. The summed E-state index contributed by atoms with van der Waals surface area (Å²) in [4.78, 5) is 12.1. The molecule has 1 saturated heterocycles. The highest BCUT2D eigenvalue weighted by atomic mass is 32.2. The van der Waals surface area contributed by atoms with Gasteiger partial charge in [0.05, 0.1) is 18.4 Å². The number of rotatable bonds is 4. The summed E-state index contributed by atoms with van der Waals surface area (Å²) in [6.07, 6.45) is 4.14. The van der Waals surface area contributed by atoms with Gasteiger partial charge in [-0.3, -0.25) is 4.79 Å². The number of amides is 1. The van der Waals surface area contributed by atoms with Gasteiger partial charge in [0, 0.05) is 13.1 Å². The van der Waals surface area contributed by atoms with Crippen LogP contribution in [-0.4, -0.2) is 44.2 Å². The maximum absolute atomic E-state index is 12.1. The molecule has 1 aromatic rings. The van der Waals surface area contributed by atoms with Crippen molar-refractivity contribution in [1.29, 1.82) is 0 Å². The molecule has 1 aliphatic heterocycles. The van der Waals surface area contributed by atoms with Crippen molar-refractivity contribution < 1.29 is 13.2 Å². The van der Waals surface area contributed by atoms with Crippen LogP contribution >= 0.6 is 0 Å². The Morgan fingerprint density at radius 2 is 2.14 bits per heavy atom. The summed E-state index contributed by atoms with van der Waals surface area (Å²) < 4.78 is 24.5. The van der Waals surface area contributed by atoms with E-state index in [1.807, 2.05) is 31.2 Å². The fourth-order valence-electron chi connectivity index (χ4n) is 2.45. The Labute approximate surface area is 131 Å². The number of nitrogens with zero attached hydrogens (tertiary/aromatic N) is 2. The molecule has 1 fully saturated rings. The minimum Gasteiger partial charge on any atom is -0.273 e. The highest BCUT2D eigenvalue weighted by Gasteiger charge is 2.29. The SMILES string of the molecule is Cc1ccccc1/C=N\NC(=O)[C@@H]1CCCN(S(C)(=O)=O)C1. The van der Waals surface area contributed by atoms with Gasteiger partial charge in [0.2, 0.25) is 15.9 Å². The topological polar surface area (TPSA) is 78.8 Å². The molecule has 0 aromatic heterocycles. The van der Waals surface area contributed by atoms with Gasteiger partial charge < -0.3 is 0 Å². The third-order valence-electron chi connectivity index (χ3n) is 3.79. The van der Waals surface area contributed by atoms with Crippen LogP contribution in [0.15, 0.2) is 29.4 Å². The molecule has 7 heteroatoms. The first-order valence-corrected chi connectivity index (χ1v) is 9.06. The molecule has 1 amide bonds. The second-order valence-electron chi connectivity index (χ2n) is 5.55. The smallest absolute Gasteiger partial charge is 0.244 e. The number of hydrogen-bond acceptors (Lipinski definition) is 4. The lowest BCUT2D eigenvalue weighted by molar-refractivity contribution is -0.126. The van der Waals surface area contributed by atoms with Crippen LogP contribution in [0.2, 0.25) is 0 Å². The van der Waals surface area contributed by atoms with Crippen LogP contribution in [0.25, 0.3) is 0 Å². The summed E-state index contributed by atoms with van der Waals surface area (Å²) in [5.74, 6) is -0.587. The molecular formula is C15H21N3O3S. The predicted molar refractivity (Wildman–Crippen MR) is 86.1 cm³/mol. The van der Waals surface area contributed by atoms with E-state index in [1.165, 1.54) is 10.6 Å². The summed E-state index contributed by atoms with van der Waals surface area (Å²) in [6.45, 7) is 2.67. The molecule has 1 aromatic carbocycles. The minimum atomic E-state index is -3.25. The largest absolute Gasteiger partial charge is 0.273 e. The summed E-state index contributed by atoms with van der Waals surface area (Å²) >= 11 is 0. The lowest BCUT2D eigenvalue weighted by Crippen LogP contribution is -2.44. The fourth-order valence-corrected chi connectivity index (χ4v) is 3.36. The maximum Gasteiger partial charge on any atom is 0.244 e. The van der Waals surface area contributed by atoms with Crippen molar-refractivity contribution in [2.24, 2.45) is 11.0 Å². The van der Waals surface area contributed by atoms with Crippen molar-refractivity contribution in [1.82, 2.24) is 9.73 Å². The van der Waals surface area contributed by atoms with E-state index in [9.17, 15) is 13.2 Å². The van der Waals surface area contributed by atoms with Crippen LogP contribution in [0.3, 0.4) is 0 Å². The van der Waals surface area contributed by atoms with E-state index in [0.29, 0.717) is 19.4 Å². The van der Waals surface area contributed by atoms with E-state index in [0.717, 1.165) is 11.1 Å². The number of aryl methyl sites for hydroxylation is 1. The van der Waals surface area contributed by atoms with Crippen molar-refractivity contribution in [3.63, 3.8) is 0 Å². The van der Waals surface area contributed by atoms with Gasteiger partial charge in [-0.1, -0.05) is 24.3 Å². The molecule has 22 heavy (non-hydrogen) atoms. The monoisotopic (exact) mass is 323 g/mol. The van der Waals surface area contributed by atoms with E-state index in [4.69, 9.17) is 0 Å². The van der Waals surface area contributed by atoms with Gasteiger partial charge in [-0.05, 0) is 30.9 Å². The van der Waals surface area contributed by atoms with Gasteiger partial charge in [-0.2, -0.15) is 5.10 Å². The van der Waals surface area contributed by atoms with E-state index in [2.05, 4.69) is 10.5 Å². The molecule has 0 bridgehead atoms. The van der Waals surface area contributed by atoms with Gasteiger partial charge in [0.1, 0.15) is 0 Å². The van der Waals surface area contributed by atoms with Crippen LogP contribution in [-0.2, 0) is 14.8 Å². The molecule has 1 heterocycles. The van der Waals surface area contributed by atoms with Crippen LogP contribution in [0, 0.1) is 12.8 Å². The minimum absolute atomic E-state index is 0.227. The number of sulfonamides is 1. The van der Waals surface area contributed by atoms with Gasteiger partial charge in [0.25, 0.3) is 0 Å². The molecule has 0 spiro atoms. The molecular weight excluding hydrogens is 302 g/mol. The number of hydrazone groups is 1. The number of carbonyl (C=O) groups excluding carboxylic acids is 1. The first-order chi connectivity index (χ1) is 10.4. The van der Waals surface area contributed by atoms with Gasteiger partial charge in [-0.15, -0.1) is 0 Å². The molecule has 1 atom stereocenters. The summed E-state index contributed by atoms with van der Waals surface area (Å²) in [6, 6.07) is 7.72. The van der Waals surface area contributed by atoms with Gasteiger partial charge >= 0.3 is 0 Å². The zero-order valence-corrected chi connectivity index (χ0v) is 13.6. The van der Waals surface area contributed by atoms with Crippen molar-refractivity contribution in [2.45, 2.75) is 19.8 Å². The second kappa shape index (κ2) is 7.02. The molecule has 0 saturated carbocycles. The molecule has 1 N–H and O–H groups in total. The standard InChI is InChI=1S/C15H21N3O3S/c1-12-6-3-4-7-13(12)10-16-17-15(19)14-8-5-9-18(11-14)22(2,20)21/h3-4,6-7,10,14H,5,8-9,11H2,1-2H3,(H,17,19)/b16-10-/t14-/m1/s1. The molecule has 0 unspecified atom stereocenters. The quantitative estimate of drug-likeness (QED) is 0.666. The van der Waals surface area contributed by atoms with Crippen LogP contribution in [0.4, 0.5) is 0 Å². The molecule has 0 aliphatic carbocycles. The second-order valence-corrected chi connectivity index (χ2v) is 7.53. The van der Waals surface area contributed by atoms with Crippen LogP contribution in [0.5, 0.6) is 0 Å². The van der Waals surface area contributed by atoms with E-state index >= 15 is 0 Å². The summed E-state index contributed by atoms with van der Waals surface area (Å²) in [5, 5.41) is 3.97. The Morgan fingerprint density at radius 3 is 2.82 bits per heavy atom. The number of nitrogens with one attached hydrogen (secondary N) is 1. The molecule has 2 rings (SSSR count). The maximum atomic E-state index is 12.1. The average molecular weight is 323 g/mol. The Morgan fingerprint density at radius 1 is 1.41 bits per heavy atom. The molecule has 1 aliphatic rings. The first kappa shape index (κ1) is 16.6. The van der Waals surface area contributed by atoms with Crippen molar-refractivity contribution >= 4 is 22.1 Å². The number of piperidine rings is 1. The normalized spacial score (nSPS) is 20.2. The fraction of sp³-hybridized carbons (Fsp3) is 0.467. The van der Waals surface area contributed by atoms with Gasteiger partial charge in [-0.25, -0.2) is 18.1 Å². The highest BCUT2D eigenvalue weighted by Crippen LogP contribution is 2.18. The number of hydrogen-bond donors (Lipinski definition) is 1. The highest BCUT2D eigenvalue weighted by molar-refractivity contribution is 7.88. The first-order valence-electron chi connectivity index (χ1n) is 7.21. The Kier molecular flexibility index (Phi) is 5.31. The van der Waals surface area contributed by atoms with E-state index in [1.54, 1.807) is 6.21 Å². The van der Waals surface area contributed by atoms with Crippen LogP contribution in [0.1, 0.15) is 24.0 Å². The van der Waals surface area contributed by atoms with E-state index < -0.39 is 10.0 Å². The summed E-state index contributed by atoms with van der Waals surface area (Å²) in [5.41, 5.74) is 4.51. The summed E-state index contributed by atoms with van der Waals surface area (Å²) in [7, 11) is -3.25.